The average Bonchev–Trinajstić information content (AvgIpc) is 2.52. The first-order valence-corrected chi connectivity index (χ1v) is 8.86. The smallest absolute Gasteiger partial charge is 0.0323 e. The third kappa shape index (κ3) is 3.49. The van der Waals surface area contributed by atoms with Gasteiger partial charge in [0.25, 0.3) is 0 Å². The molecule has 0 spiro atoms. The Morgan fingerprint density at radius 2 is 2.05 bits per heavy atom. The molecule has 1 aliphatic carbocycles. The number of benzene rings is 2. The second-order valence-corrected chi connectivity index (χ2v) is 7.17. The number of hydrogen-bond donors (Lipinski definition) is 1. The lowest BCUT2D eigenvalue weighted by Gasteiger charge is -2.29. The molecule has 1 aliphatic rings. The summed E-state index contributed by atoms with van der Waals surface area (Å²) >= 11 is 2.40. The van der Waals surface area contributed by atoms with Crippen LogP contribution in [-0.4, -0.2) is 7.05 Å². The van der Waals surface area contributed by atoms with Gasteiger partial charge in [0.2, 0.25) is 0 Å². The molecule has 2 unspecified atom stereocenters. The van der Waals surface area contributed by atoms with Crippen LogP contribution >= 0.6 is 22.6 Å². The van der Waals surface area contributed by atoms with Crippen LogP contribution in [0.25, 0.3) is 0 Å². The Bertz CT molecular complexity index is 608. The van der Waals surface area contributed by atoms with Crippen molar-refractivity contribution in [1.29, 1.82) is 0 Å². The molecule has 0 saturated heterocycles. The maximum absolute atomic E-state index is 3.52. The summed E-state index contributed by atoms with van der Waals surface area (Å²) in [6.45, 7) is 0. The monoisotopic (exact) mass is 391 g/mol. The largest absolute Gasteiger partial charge is 0.313 e. The molecule has 0 aromatic heterocycles. The second kappa shape index (κ2) is 6.93. The maximum atomic E-state index is 3.52. The fourth-order valence-corrected chi connectivity index (χ4v) is 4.10. The average molecular weight is 391 g/mol. The Morgan fingerprint density at radius 3 is 2.86 bits per heavy atom. The van der Waals surface area contributed by atoms with Gasteiger partial charge in [-0.05, 0) is 90.1 Å². The van der Waals surface area contributed by atoms with Crippen LogP contribution in [0.4, 0.5) is 0 Å². The van der Waals surface area contributed by atoms with E-state index in [0.29, 0.717) is 12.0 Å². The van der Waals surface area contributed by atoms with Crippen LogP contribution < -0.4 is 5.32 Å². The number of aryl methyl sites for hydroxylation is 1. The molecule has 3 rings (SSSR count). The molecule has 110 valence electrons. The zero-order valence-corrected chi connectivity index (χ0v) is 14.6. The second-order valence-electron chi connectivity index (χ2n) is 5.92. The summed E-state index contributed by atoms with van der Waals surface area (Å²) in [5.41, 5.74) is 4.55. The molecule has 0 saturated carbocycles. The molecule has 0 bridgehead atoms. The summed E-state index contributed by atoms with van der Waals surface area (Å²) in [4.78, 5) is 0. The van der Waals surface area contributed by atoms with Gasteiger partial charge in [-0.3, -0.25) is 0 Å². The van der Waals surface area contributed by atoms with Gasteiger partial charge in [0.15, 0.2) is 0 Å². The van der Waals surface area contributed by atoms with Crippen LogP contribution in [0.5, 0.6) is 0 Å². The molecule has 1 nitrogen and oxygen atoms in total. The molecule has 2 heteroatoms. The summed E-state index contributed by atoms with van der Waals surface area (Å²) in [5, 5.41) is 3.52. The molecule has 1 N–H and O–H groups in total. The minimum atomic E-state index is 0.441. The van der Waals surface area contributed by atoms with Gasteiger partial charge in [-0.1, -0.05) is 36.4 Å². The lowest BCUT2D eigenvalue weighted by Crippen LogP contribution is -2.21. The van der Waals surface area contributed by atoms with Gasteiger partial charge in [0.05, 0.1) is 0 Å². The predicted molar refractivity (Wildman–Crippen MR) is 97.7 cm³/mol. The fraction of sp³-hybridized carbons (Fsp3) is 0.368. The molecule has 0 radical (unpaired) electrons. The molecule has 2 atom stereocenters. The van der Waals surface area contributed by atoms with Gasteiger partial charge < -0.3 is 5.32 Å². The number of hydrogen-bond acceptors (Lipinski definition) is 1. The number of halogens is 1. The van der Waals surface area contributed by atoms with Gasteiger partial charge in [0.1, 0.15) is 0 Å². The summed E-state index contributed by atoms with van der Waals surface area (Å²) in [6, 6.07) is 18.3. The van der Waals surface area contributed by atoms with E-state index < -0.39 is 0 Å². The highest BCUT2D eigenvalue weighted by Crippen LogP contribution is 2.37. The molecular formula is C19H22IN. The van der Waals surface area contributed by atoms with Crippen molar-refractivity contribution >= 4 is 22.6 Å². The van der Waals surface area contributed by atoms with E-state index >= 15 is 0 Å². The van der Waals surface area contributed by atoms with E-state index in [9.17, 15) is 0 Å². The number of fused-ring (bicyclic) bond motifs is 1. The molecular weight excluding hydrogens is 369 g/mol. The number of rotatable bonds is 4. The van der Waals surface area contributed by atoms with Crippen molar-refractivity contribution in [3.05, 3.63) is 68.8 Å². The van der Waals surface area contributed by atoms with Crippen LogP contribution in [0.15, 0.2) is 48.5 Å². The Labute approximate surface area is 141 Å². The van der Waals surface area contributed by atoms with Gasteiger partial charge in [-0.25, -0.2) is 0 Å². The topological polar surface area (TPSA) is 12.0 Å². The standard InChI is InChI=1S/C19H22IN/c1-21-19(16-9-5-10-17(20)12-16)13-15-8-4-7-14-6-2-3-11-18(14)15/h2-3,5-6,9-12,15,19,21H,4,7-8,13H2,1H3. The van der Waals surface area contributed by atoms with E-state index in [1.165, 1.54) is 34.8 Å². The highest BCUT2D eigenvalue weighted by molar-refractivity contribution is 14.1. The van der Waals surface area contributed by atoms with Crippen LogP contribution in [-0.2, 0) is 6.42 Å². The first-order valence-electron chi connectivity index (χ1n) is 7.78. The Kier molecular flexibility index (Phi) is 4.96. The normalized spacial score (nSPS) is 19.0. The first kappa shape index (κ1) is 15.0. The van der Waals surface area contributed by atoms with Crippen molar-refractivity contribution in [2.24, 2.45) is 0 Å². The number of nitrogens with one attached hydrogen (secondary N) is 1. The zero-order chi connectivity index (χ0) is 14.7. The van der Waals surface area contributed by atoms with Crippen molar-refractivity contribution in [2.45, 2.75) is 37.6 Å². The lowest BCUT2D eigenvalue weighted by atomic mass is 9.79. The van der Waals surface area contributed by atoms with Crippen molar-refractivity contribution in [3.63, 3.8) is 0 Å². The fourth-order valence-electron chi connectivity index (χ4n) is 3.53. The van der Waals surface area contributed by atoms with Crippen LogP contribution in [0.2, 0.25) is 0 Å². The van der Waals surface area contributed by atoms with Gasteiger partial charge in [-0.15, -0.1) is 0 Å². The molecule has 0 fully saturated rings. The van der Waals surface area contributed by atoms with Gasteiger partial charge in [-0.2, -0.15) is 0 Å². The summed E-state index contributed by atoms with van der Waals surface area (Å²) in [7, 11) is 2.08. The summed E-state index contributed by atoms with van der Waals surface area (Å²) in [6.07, 6.45) is 5.08. The molecule has 21 heavy (non-hydrogen) atoms. The Balaban J connectivity index is 1.82. The molecule has 2 aromatic rings. The van der Waals surface area contributed by atoms with Gasteiger partial charge in [0, 0.05) is 9.61 Å². The van der Waals surface area contributed by atoms with E-state index in [1.807, 2.05) is 0 Å². The van der Waals surface area contributed by atoms with Crippen LogP contribution in [0.3, 0.4) is 0 Å². The first-order chi connectivity index (χ1) is 10.3. The van der Waals surface area contributed by atoms with Crippen LogP contribution in [0.1, 0.15) is 47.9 Å². The quantitative estimate of drug-likeness (QED) is 0.719. The predicted octanol–water partition coefficient (Wildman–Crippen LogP) is 5.06. The van der Waals surface area contributed by atoms with Crippen molar-refractivity contribution in [2.75, 3.05) is 7.05 Å². The Morgan fingerprint density at radius 1 is 1.19 bits per heavy atom. The molecule has 0 heterocycles. The van der Waals surface area contributed by atoms with E-state index in [0.717, 1.165) is 0 Å². The van der Waals surface area contributed by atoms with Gasteiger partial charge >= 0.3 is 0 Å². The van der Waals surface area contributed by atoms with Crippen molar-refractivity contribution in [3.8, 4) is 0 Å². The van der Waals surface area contributed by atoms with Crippen molar-refractivity contribution in [1.82, 2.24) is 5.32 Å². The third-order valence-corrected chi connectivity index (χ3v) is 5.28. The van der Waals surface area contributed by atoms with E-state index in [1.54, 1.807) is 11.1 Å². The zero-order valence-electron chi connectivity index (χ0n) is 12.5. The third-order valence-electron chi connectivity index (χ3n) is 4.61. The van der Waals surface area contributed by atoms with E-state index in [-0.39, 0.29) is 0 Å². The van der Waals surface area contributed by atoms with Crippen molar-refractivity contribution < 1.29 is 0 Å². The van der Waals surface area contributed by atoms with Crippen LogP contribution in [0, 0.1) is 3.57 Å². The summed E-state index contributed by atoms with van der Waals surface area (Å²) in [5.74, 6) is 0.685. The molecule has 0 amide bonds. The molecule has 0 aliphatic heterocycles. The highest BCUT2D eigenvalue weighted by Gasteiger charge is 2.23. The van der Waals surface area contributed by atoms with E-state index in [2.05, 4.69) is 83.5 Å². The Hall–Kier alpha value is -0.870. The minimum absolute atomic E-state index is 0.441. The SMILES string of the molecule is CNC(CC1CCCc2ccccc21)c1cccc(I)c1. The highest BCUT2D eigenvalue weighted by atomic mass is 127. The maximum Gasteiger partial charge on any atom is 0.0323 e. The van der Waals surface area contributed by atoms with E-state index in [4.69, 9.17) is 0 Å². The summed E-state index contributed by atoms with van der Waals surface area (Å²) < 4.78 is 1.31. The lowest BCUT2D eigenvalue weighted by molar-refractivity contribution is 0.440. The molecule has 2 aromatic carbocycles. The minimum Gasteiger partial charge on any atom is -0.313 e.